The molecule has 3 heteroatoms. The van der Waals surface area contributed by atoms with Crippen LogP contribution in [0.5, 0.6) is 11.5 Å². The van der Waals surface area contributed by atoms with Gasteiger partial charge < -0.3 is 9.84 Å². The van der Waals surface area contributed by atoms with E-state index in [4.69, 9.17) is 4.74 Å². The van der Waals surface area contributed by atoms with Crippen LogP contribution in [0.3, 0.4) is 0 Å². The third kappa shape index (κ3) is 13.9. The zero-order valence-electron chi connectivity index (χ0n) is 26.1. The molecular formula is C35H60O3. The molecular weight excluding hydrogens is 468 g/mol. The van der Waals surface area contributed by atoms with Gasteiger partial charge in [-0.3, -0.25) is 0 Å². The number of phenolic OH excluding ortho intramolecular Hbond substituents is 1. The van der Waals surface area contributed by atoms with E-state index in [-0.39, 0.29) is 22.5 Å². The predicted octanol–water partition coefficient (Wildman–Crippen LogP) is 11.1. The number of ether oxygens (including phenoxy) is 1. The maximum Gasteiger partial charge on any atom is 0.338 e. The summed E-state index contributed by atoms with van der Waals surface area (Å²) in [6, 6.07) is 3.59. The maximum absolute atomic E-state index is 12.7. The fraction of sp³-hybridized carbons (Fsp3) is 0.743. The van der Waals surface area contributed by atoms with Crippen LogP contribution in [0.4, 0.5) is 0 Å². The van der Waals surface area contributed by atoms with Crippen molar-refractivity contribution in [3.05, 3.63) is 35.4 Å². The first-order chi connectivity index (χ1) is 17.9. The van der Waals surface area contributed by atoms with Crippen molar-refractivity contribution in [1.82, 2.24) is 0 Å². The van der Waals surface area contributed by atoms with Gasteiger partial charge in [0.05, 0.1) is 0 Å². The Kier molecular flexibility index (Phi) is 16.0. The normalized spacial score (nSPS) is 12.1. The number of esters is 1. The Hall–Kier alpha value is -1.77. The van der Waals surface area contributed by atoms with E-state index in [1.165, 1.54) is 89.9 Å². The van der Waals surface area contributed by atoms with E-state index in [2.05, 4.69) is 55.0 Å². The number of carbonyl (C=O) groups is 1. The Balaban J connectivity index is 2.26. The molecule has 218 valence electrons. The highest BCUT2D eigenvalue weighted by molar-refractivity contribution is 5.89. The first kappa shape index (κ1) is 34.3. The minimum absolute atomic E-state index is 0.267. The Morgan fingerprint density at radius 1 is 0.684 bits per heavy atom. The molecule has 1 rings (SSSR count). The van der Waals surface area contributed by atoms with Crippen LogP contribution in [-0.2, 0) is 15.6 Å². The van der Waals surface area contributed by atoms with Crippen molar-refractivity contribution >= 4 is 5.97 Å². The molecule has 0 fully saturated rings. The molecule has 0 aliphatic carbocycles. The van der Waals surface area contributed by atoms with Crippen molar-refractivity contribution in [2.45, 2.75) is 168 Å². The van der Waals surface area contributed by atoms with Crippen LogP contribution in [0.25, 0.3) is 0 Å². The van der Waals surface area contributed by atoms with Gasteiger partial charge in [-0.15, -0.1) is 0 Å². The summed E-state index contributed by atoms with van der Waals surface area (Å²) < 4.78 is 5.73. The predicted molar refractivity (Wildman–Crippen MR) is 164 cm³/mol. The minimum atomic E-state index is -0.364. The second kappa shape index (κ2) is 17.7. The molecule has 1 aromatic carbocycles. The summed E-state index contributed by atoms with van der Waals surface area (Å²) in [7, 11) is 0. The van der Waals surface area contributed by atoms with Crippen molar-refractivity contribution in [2.24, 2.45) is 0 Å². The topological polar surface area (TPSA) is 46.5 Å². The summed E-state index contributed by atoms with van der Waals surface area (Å²) in [5.74, 6) is 0.406. The largest absolute Gasteiger partial charge is 0.507 e. The fourth-order valence-corrected chi connectivity index (χ4v) is 4.98. The molecule has 0 atom stereocenters. The van der Waals surface area contributed by atoms with Gasteiger partial charge in [0.1, 0.15) is 11.5 Å². The molecule has 0 saturated carbocycles. The van der Waals surface area contributed by atoms with Gasteiger partial charge in [0.2, 0.25) is 0 Å². The molecule has 0 aliphatic heterocycles. The standard InChI is InChI=1S/C35H60O3/c1-9-10-11-12-13-14-15-16-17-18-19-20-21-22-23-24-25-28(2)33(37)38-29-26-30(34(3,4)5)32(36)31(27-29)35(6,7)8/h26-27,36H,2,9-25H2,1,3-8H3. The molecule has 0 amide bonds. The van der Waals surface area contributed by atoms with E-state index in [0.29, 0.717) is 17.7 Å². The van der Waals surface area contributed by atoms with Crippen molar-refractivity contribution < 1.29 is 14.6 Å². The average molecular weight is 529 g/mol. The number of carbonyl (C=O) groups excluding carboxylic acids is 1. The number of benzene rings is 1. The van der Waals surface area contributed by atoms with Gasteiger partial charge in [0.25, 0.3) is 0 Å². The molecule has 0 saturated heterocycles. The lowest BCUT2D eigenvalue weighted by Crippen LogP contribution is -2.18. The third-order valence-corrected chi connectivity index (χ3v) is 7.53. The highest BCUT2D eigenvalue weighted by atomic mass is 16.5. The van der Waals surface area contributed by atoms with Crippen molar-refractivity contribution in [2.75, 3.05) is 0 Å². The average Bonchev–Trinajstić information content (AvgIpc) is 2.83. The van der Waals surface area contributed by atoms with E-state index < -0.39 is 0 Å². The Bertz CT molecular complexity index is 788. The van der Waals surface area contributed by atoms with Gasteiger partial charge in [-0.2, -0.15) is 0 Å². The van der Waals surface area contributed by atoms with Crippen molar-refractivity contribution in [1.29, 1.82) is 0 Å². The van der Waals surface area contributed by atoms with E-state index in [1.54, 1.807) is 12.1 Å². The van der Waals surface area contributed by atoms with Gasteiger partial charge in [-0.05, 0) is 35.8 Å². The van der Waals surface area contributed by atoms with Crippen molar-refractivity contribution in [3.63, 3.8) is 0 Å². The quantitative estimate of drug-likeness (QED) is 0.0840. The lowest BCUT2D eigenvalue weighted by atomic mass is 9.79. The monoisotopic (exact) mass is 528 g/mol. The molecule has 0 aromatic heterocycles. The summed E-state index contributed by atoms with van der Waals surface area (Å²) in [6.07, 6.45) is 22.0. The lowest BCUT2D eigenvalue weighted by Gasteiger charge is -2.28. The zero-order valence-corrected chi connectivity index (χ0v) is 26.1. The van der Waals surface area contributed by atoms with Crippen LogP contribution in [0.1, 0.15) is 169 Å². The van der Waals surface area contributed by atoms with Gasteiger partial charge in [0.15, 0.2) is 0 Å². The highest BCUT2D eigenvalue weighted by Gasteiger charge is 2.27. The molecule has 0 heterocycles. The van der Waals surface area contributed by atoms with Gasteiger partial charge in [-0.25, -0.2) is 4.79 Å². The molecule has 0 aliphatic rings. The van der Waals surface area contributed by atoms with Gasteiger partial charge in [-0.1, -0.05) is 151 Å². The van der Waals surface area contributed by atoms with E-state index in [9.17, 15) is 9.90 Å². The zero-order chi connectivity index (χ0) is 28.6. The number of aromatic hydroxyl groups is 1. The summed E-state index contributed by atoms with van der Waals surface area (Å²) in [6.45, 7) is 18.6. The maximum atomic E-state index is 12.7. The van der Waals surface area contributed by atoms with Crippen LogP contribution in [0.15, 0.2) is 24.3 Å². The number of unbranched alkanes of at least 4 members (excludes halogenated alkanes) is 15. The first-order valence-electron chi connectivity index (χ1n) is 15.7. The summed E-state index contributed by atoms with van der Waals surface area (Å²) >= 11 is 0. The highest BCUT2D eigenvalue weighted by Crippen LogP contribution is 2.41. The number of rotatable bonds is 19. The molecule has 1 aromatic rings. The Morgan fingerprint density at radius 2 is 1.03 bits per heavy atom. The van der Waals surface area contributed by atoms with Gasteiger partial charge >= 0.3 is 5.97 Å². The smallest absolute Gasteiger partial charge is 0.338 e. The second-order valence-corrected chi connectivity index (χ2v) is 13.4. The van der Waals surface area contributed by atoms with Crippen LogP contribution >= 0.6 is 0 Å². The molecule has 0 bridgehead atoms. The SMILES string of the molecule is C=C(CCCCCCCCCCCCCCCCCC)C(=O)Oc1cc(C(C)(C)C)c(O)c(C(C)(C)C)c1. The molecule has 0 radical (unpaired) electrons. The summed E-state index contributed by atoms with van der Waals surface area (Å²) in [5, 5.41) is 10.9. The van der Waals surface area contributed by atoms with E-state index >= 15 is 0 Å². The molecule has 0 unspecified atom stereocenters. The van der Waals surface area contributed by atoms with Crippen LogP contribution in [0, 0.1) is 0 Å². The molecule has 1 N–H and O–H groups in total. The lowest BCUT2D eigenvalue weighted by molar-refractivity contribution is -0.130. The van der Waals surface area contributed by atoms with Crippen LogP contribution < -0.4 is 4.74 Å². The van der Waals surface area contributed by atoms with E-state index in [0.717, 1.165) is 24.0 Å². The van der Waals surface area contributed by atoms with Gasteiger partial charge in [0, 0.05) is 16.7 Å². The minimum Gasteiger partial charge on any atom is -0.507 e. The number of hydrogen-bond donors (Lipinski definition) is 1. The molecule has 3 nitrogen and oxygen atoms in total. The molecule has 38 heavy (non-hydrogen) atoms. The molecule has 0 spiro atoms. The van der Waals surface area contributed by atoms with E-state index in [1.807, 2.05) is 0 Å². The number of hydrogen-bond acceptors (Lipinski definition) is 3. The Morgan fingerprint density at radius 3 is 1.37 bits per heavy atom. The van der Waals surface area contributed by atoms with Crippen molar-refractivity contribution in [3.8, 4) is 11.5 Å². The second-order valence-electron chi connectivity index (χ2n) is 13.4. The first-order valence-corrected chi connectivity index (χ1v) is 15.7. The fourth-order valence-electron chi connectivity index (χ4n) is 4.98. The van der Waals surface area contributed by atoms with Crippen LogP contribution in [-0.4, -0.2) is 11.1 Å². The number of phenols is 1. The summed E-state index contributed by atoms with van der Waals surface area (Å²) in [4.78, 5) is 12.7. The Labute approximate surface area is 235 Å². The van der Waals surface area contributed by atoms with Crippen LogP contribution in [0.2, 0.25) is 0 Å². The summed E-state index contributed by atoms with van der Waals surface area (Å²) in [5.41, 5.74) is 1.57. The third-order valence-electron chi connectivity index (χ3n) is 7.53.